The second-order valence-electron chi connectivity index (χ2n) is 2.53. The normalized spacial score (nSPS) is 9.69. The Morgan fingerprint density at radius 3 is 2.85 bits per heavy atom. The highest BCUT2D eigenvalue weighted by molar-refractivity contribution is 5.88. The van der Waals surface area contributed by atoms with E-state index in [1.54, 1.807) is 0 Å². The van der Waals surface area contributed by atoms with E-state index in [0.717, 1.165) is 6.07 Å². The van der Waals surface area contributed by atoms with Crippen molar-refractivity contribution < 1.29 is 14.3 Å². The highest BCUT2D eigenvalue weighted by atomic mass is 19.1. The summed E-state index contributed by atoms with van der Waals surface area (Å²) in [6.07, 6.45) is 0. The fraction of sp³-hybridized carbons (Fsp3) is 0.222. The molecule has 0 saturated carbocycles. The van der Waals surface area contributed by atoms with Gasteiger partial charge in [-0.15, -0.1) is 0 Å². The van der Waals surface area contributed by atoms with E-state index in [1.165, 1.54) is 12.1 Å². The van der Waals surface area contributed by atoms with Gasteiger partial charge in [0.05, 0.1) is 11.3 Å². The maximum atomic E-state index is 13.0. The average Bonchev–Trinajstić information content (AvgIpc) is 2.08. The minimum atomic E-state index is -1.06. The Morgan fingerprint density at radius 1 is 1.62 bits per heavy atom. The third-order valence-corrected chi connectivity index (χ3v) is 1.58. The molecule has 0 fully saturated rings. The Bertz CT molecular complexity index is 325. The monoisotopic (exact) mass is 183 g/mol. The Balaban J connectivity index is 3.03. The number of aromatic carboxylic acids is 1. The molecule has 0 aliphatic heterocycles. The highest BCUT2D eigenvalue weighted by Gasteiger charge is 2.06. The van der Waals surface area contributed by atoms with Gasteiger partial charge in [0, 0.05) is 6.54 Å². The number of anilines is 1. The van der Waals surface area contributed by atoms with Crippen LogP contribution < -0.4 is 5.32 Å². The van der Waals surface area contributed by atoms with Crippen LogP contribution in [0.5, 0.6) is 0 Å². The molecule has 0 spiro atoms. The van der Waals surface area contributed by atoms with Gasteiger partial charge in [0.1, 0.15) is 5.82 Å². The standard InChI is InChI=1S/C9H10FNO2/c1-2-11-8-5-6(9(12)13)3-4-7(8)10/h3-5,11H,2H2,1H3,(H,12,13). The van der Waals surface area contributed by atoms with Crippen LogP contribution >= 0.6 is 0 Å². The Kier molecular flexibility index (Phi) is 2.84. The Labute approximate surface area is 75.2 Å². The van der Waals surface area contributed by atoms with E-state index in [2.05, 4.69) is 5.32 Å². The molecule has 1 aromatic rings. The second-order valence-corrected chi connectivity index (χ2v) is 2.53. The lowest BCUT2D eigenvalue weighted by Gasteiger charge is -2.05. The molecule has 2 N–H and O–H groups in total. The van der Waals surface area contributed by atoms with Gasteiger partial charge in [-0.25, -0.2) is 9.18 Å². The molecule has 0 unspecified atom stereocenters. The van der Waals surface area contributed by atoms with Crippen molar-refractivity contribution in [3.63, 3.8) is 0 Å². The predicted molar refractivity (Wildman–Crippen MR) is 47.5 cm³/mol. The first kappa shape index (κ1) is 9.51. The van der Waals surface area contributed by atoms with Crippen LogP contribution in [0, 0.1) is 5.82 Å². The van der Waals surface area contributed by atoms with Crippen molar-refractivity contribution in [2.24, 2.45) is 0 Å². The number of rotatable bonds is 3. The summed E-state index contributed by atoms with van der Waals surface area (Å²) >= 11 is 0. The number of halogens is 1. The summed E-state index contributed by atoms with van der Waals surface area (Å²) < 4.78 is 13.0. The van der Waals surface area contributed by atoms with Crippen LogP contribution in [0.1, 0.15) is 17.3 Å². The van der Waals surface area contributed by atoms with E-state index in [-0.39, 0.29) is 11.3 Å². The van der Waals surface area contributed by atoms with Crippen LogP contribution in [0.2, 0.25) is 0 Å². The number of carbonyl (C=O) groups is 1. The smallest absolute Gasteiger partial charge is 0.335 e. The van der Waals surface area contributed by atoms with Crippen molar-refractivity contribution in [2.45, 2.75) is 6.92 Å². The van der Waals surface area contributed by atoms with E-state index in [0.29, 0.717) is 6.54 Å². The first-order valence-corrected chi connectivity index (χ1v) is 3.92. The third-order valence-electron chi connectivity index (χ3n) is 1.58. The van der Waals surface area contributed by atoms with Crippen LogP contribution in [-0.4, -0.2) is 17.6 Å². The minimum absolute atomic E-state index is 0.0809. The number of nitrogens with one attached hydrogen (secondary N) is 1. The van der Waals surface area contributed by atoms with Gasteiger partial charge >= 0.3 is 5.97 Å². The van der Waals surface area contributed by atoms with Crippen LogP contribution in [0.15, 0.2) is 18.2 Å². The fourth-order valence-electron chi connectivity index (χ4n) is 0.984. The number of carboxylic acids is 1. The maximum Gasteiger partial charge on any atom is 0.335 e. The largest absolute Gasteiger partial charge is 0.478 e. The van der Waals surface area contributed by atoms with Crippen molar-refractivity contribution in [1.82, 2.24) is 0 Å². The molecule has 13 heavy (non-hydrogen) atoms. The summed E-state index contributed by atoms with van der Waals surface area (Å²) in [5, 5.41) is 11.4. The summed E-state index contributed by atoms with van der Waals surface area (Å²) in [7, 11) is 0. The zero-order valence-electron chi connectivity index (χ0n) is 7.17. The lowest BCUT2D eigenvalue weighted by molar-refractivity contribution is 0.0697. The van der Waals surface area contributed by atoms with Crippen molar-refractivity contribution >= 4 is 11.7 Å². The van der Waals surface area contributed by atoms with Crippen LogP contribution in [0.4, 0.5) is 10.1 Å². The molecule has 70 valence electrons. The van der Waals surface area contributed by atoms with E-state index < -0.39 is 11.8 Å². The summed E-state index contributed by atoms with van der Waals surface area (Å²) in [6.45, 7) is 2.37. The molecule has 4 heteroatoms. The molecule has 3 nitrogen and oxygen atoms in total. The van der Waals surface area contributed by atoms with E-state index >= 15 is 0 Å². The molecule has 0 aliphatic rings. The molecular formula is C9H10FNO2. The lowest BCUT2D eigenvalue weighted by atomic mass is 10.2. The quantitative estimate of drug-likeness (QED) is 0.753. The lowest BCUT2D eigenvalue weighted by Crippen LogP contribution is -2.03. The van der Waals surface area contributed by atoms with Gasteiger partial charge < -0.3 is 10.4 Å². The van der Waals surface area contributed by atoms with Crippen molar-refractivity contribution in [1.29, 1.82) is 0 Å². The topological polar surface area (TPSA) is 49.3 Å². The van der Waals surface area contributed by atoms with Crippen LogP contribution in [0.3, 0.4) is 0 Å². The van der Waals surface area contributed by atoms with Gasteiger partial charge in [-0.05, 0) is 25.1 Å². The van der Waals surface area contributed by atoms with Crippen molar-refractivity contribution in [3.8, 4) is 0 Å². The molecule has 0 atom stereocenters. The average molecular weight is 183 g/mol. The van der Waals surface area contributed by atoms with Crippen molar-refractivity contribution in [2.75, 3.05) is 11.9 Å². The first-order valence-electron chi connectivity index (χ1n) is 3.92. The summed E-state index contributed by atoms with van der Waals surface area (Å²) in [5.74, 6) is -1.49. The number of hydrogen-bond donors (Lipinski definition) is 2. The Hall–Kier alpha value is -1.58. The number of carboxylic acid groups (broad SMARTS) is 1. The minimum Gasteiger partial charge on any atom is -0.478 e. The molecule has 1 rings (SSSR count). The predicted octanol–water partition coefficient (Wildman–Crippen LogP) is 1.96. The molecule has 0 amide bonds. The fourth-order valence-corrected chi connectivity index (χ4v) is 0.984. The SMILES string of the molecule is CCNc1cc(C(=O)O)ccc1F. The van der Waals surface area contributed by atoms with Gasteiger partial charge in [-0.1, -0.05) is 0 Å². The first-order chi connectivity index (χ1) is 6.15. The number of benzene rings is 1. The molecule has 0 bridgehead atoms. The zero-order chi connectivity index (χ0) is 9.84. The van der Waals surface area contributed by atoms with Crippen LogP contribution in [-0.2, 0) is 0 Å². The van der Waals surface area contributed by atoms with Gasteiger partial charge in [-0.3, -0.25) is 0 Å². The number of hydrogen-bond acceptors (Lipinski definition) is 2. The molecule has 0 saturated heterocycles. The third kappa shape index (κ3) is 2.18. The highest BCUT2D eigenvalue weighted by Crippen LogP contribution is 2.15. The van der Waals surface area contributed by atoms with Crippen LogP contribution in [0.25, 0.3) is 0 Å². The van der Waals surface area contributed by atoms with E-state index in [9.17, 15) is 9.18 Å². The summed E-state index contributed by atoms with van der Waals surface area (Å²) in [6, 6.07) is 3.65. The maximum absolute atomic E-state index is 13.0. The Morgan fingerprint density at radius 2 is 2.31 bits per heavy atom. The van der Waals surface area contributed by atoms with Gasteiger partial charge in [0.25, 0.3) is 0 Å². The molecular weight excluding hydrogens is 173 g/mol. The van der Waals surface area contributed by atoms with Gasteiger partial charge in [-0.2, -0.15) is 0 Å². The van der Waals surface area contributed by atoms with Gasteiger partial charge in [0.2, 0.25) is 0 Å². The second kappa shape index (κ2) is 3.89. The molecule has 0 aliphatic carbocycles. The molecule has 0 heterocycles. The van der Waals surface area contributed by atoms with Crippen molar-refractivity contribution in [3.05, 3.63) is 29.6 Å². The van der Waals surface area contributed by atoms with E-state index in [1.807, 2.05) is 6.92 Å². The molecule has 0 radical (unpaired) electrons. The van der Waals surface area contributed by atoms with E-state index in [4.69, 9.17) is 5.11 Å². The summed E-state index contributed by atoms with van der Waals surface area (Å²) in [4.78, 5) is 10.5. The summed E-state index contributed by atoms with van der Waals surface area (Å²) in [5.41, 5.74) is 0.305. The zero-order valence-corrected chi connectivity index (χ0v) is 7.17. The van der Waals surface area contributed by atoms with Gasteiger partial charge in [0.15, 0.2) is 0 Å². The molecule has 0 aromatic heterocycles. The molecule has 1 aromatic carbocycles.